The normalized spacial score (nSPS) is 17.5. The number of nitrogens with zero attached hydrogens (tertiary/aromatic N) is 1. The second kappa shape index (κ2) is 4.20. The van der Waals surface area contributed by atoms with Crippen molar-refractivity contribution < 1.29 is 5.11 Å². The van der Waals surface area contributed by atoms with Crippen molar-refractivity contribution in [2.45, 2.75) is 19.4 Å². The Morgan fingerprint density at radius 2 is 2.00 bits per heavy atom. The SMILES string of the molecule is Oc1cccc(Cl)c1CN1CCCC1. The van der Waals surface area contributed by atoms with Gasteiger partial charge in [0.2, 0.25) is 0 Å². The van der Waals surface area contributed by atoms with E-state index in [4.69, 9.17) is 11.6 Å². The van der Waals surface area contributed by atoms with Crippen molar-refractivity contribution in [1.82, 2.24) is 4.90 Å². The molecule has 2 nitrogen and oxygen atoms in total. The van der Waals surface area contributed by atoms with Gasteiger partial charge < -0.3 is 5.11 Å². The van der Waals surface area contributed by atoms with Gasteiger partial charge in [-0.15, -0.1) is 0 Å². The summed E-state index contributed by atoms with van der Waals surface area (Å²) in [7, 11) is 0. The molecule has 1 aromatic carbocycles. The zero-order chi connectivity index (χ0) is 9.97. The van der Waals surface area contributed by atoms with Gasteiger partial charge in [0, 0.05) is 17.1 Å². The molecule has 0 aromatic heterocycles. The molecule has 0 unspecified atom stereocenters. The van der Waals surface area contributed by atoms with E-state index < -0.39 is 0 Å². The van der Waals surface area contributed by atoms with Gasteiger partial charge in [0.25, 0.3) is 0 Å². The van der Waals surface area contributed by atoms with E-state index in [0.717, 1.165) is 25.2 Å². The monoisotopic (exact) mass is 211 g/mol. The number of hydrogen-bond acceptors (Lipinski definition) is 2. The number of halogens is 1. The maximum atomic E-state index is 9.64. The number of phenols is 1. The van der Waals surface area contributed by atoms with Crippen LogP contribution in [-0.2, 0) is 6.54 Å². The van der Waals surface area contributed by atoms with Crippen LogP contribution in [0.25, 0.3) is 0 Å². The van der Waals surface area contributed by atoms with Crippen LogP contribution < -0.4 is 0 Å². The zero-order valence-corrected chi connectivity index (χ0v) is 8.80. The van der Waals surface area contributed by atoms with Gasteiger partial charge in [-0.3, -0.25) is 4.90 Å². The molecule has 0 saturated carbocycles. The second-order valence-electron chi connectivity index (χ2n) is 3.72. The summed E-state index contributed by atoms with van der Waals surface area (Å²) in [5.74, 6) is 0.310. The summed E-state index contributed by atoms with van der Waals surface area (Å²) in [5, 5.41) is 10.3. The topological polar surface area (TPSA) is 23.5 Å². The van der Waals surface area contributed by atoms with Gasteiger partial charge in [-0.2, -0.15) is 0 Å². The van der Waals surface area contributed by atoms with Crippen molar-refractivity contribution in [2.75, 3.05) is 13.1 Å². The van der Waals surface area contributed by atoms with Crippen molar-refractivity contribution in [3.8, 4) is 5.75 Å². The average Bonchev–Trinajstić information content (AvgIpc) is 2.64. The smallest absolute Gasteiger partial charge is 0.121 e. The van der Waals surface area contributed by atoms with Crippen LogP contribution in [0.2, 0.25) is 5.02 Å². The molecule has 1 aliphatic rings. The lowest BCUT2D eigenvalue weighted by Gasteiger charge is -2.16. The van der Waals surface area contributed by atoms with Gasteiger partial charge in [-0.1, -0.05) is 17.7 Å². The molecule has 1 saturated heterocycles. The van der Waals surface area contributed by atoms with Gasteiger partial charge in [-0.05, 0) is 38.1 Å². The van der Waals surface area contributed by atoms with Crippen LogP contribution in [0.15, 0.2) is 18.2 Å². The molecular formula is C11H14ClNO. The maximum absolute atomic E-state index is 9.64. The van der Waals surface area contributed by atoms with Crippen molar-refractivity contribution >= 4 is 11.6 Å². The lowest BCUT2D eigenvalue weighted by Crippen LogP contribution is -2.18. The fraction of sp³-hybridized carbons (Fsp3) is 0.455. The van der Waals surface area contributed by atoms with Crippen LogP contribution in [0.5, 0.6) is 5.75 Å². The molecule has 0 amide bonds. The molecule has 1 aliphatic heterocycles. The molecule has 0 atom stereocenters. The summed E-state index contributed by atoms with van der Waals surface area (Å²) in [6, 6.07) is 5.29. The highest BCUT2D eigenvalue weighted by Gasteiger charge is 2.15. The highest BCUT2D eigenvalue weighted by molar-refractivity contribution is 6.31. The van der Waals surface area contributed by atoms with E-state index in [0.29, 0.717) is 10.8 Å². The third kappa shape index (κ3) is 2.02. The molecular weight excluding hydrogens is 198 g/mol. The number of rotatable bonds is 2. The van der Waals surface area contributed by atoms with Crippen LogP contribution in [0, 0.1) is 0 Å². The van der Waals surface area contributed by atoms with Crippen LogP contribution in [0.4, 0.5) is 0 Å². The van der Waals surface area contributed by atoms with E-state index in [1.807, 2.05) is 6.07 Å². The third-order valence-corrected chi connectivity index (χ3v) is 3.03. The molecule has 1 heterocycles. The minimum absolute atomic E-state index is 0.310. The lowest BCUT2D eigenvalue weighted by molar-refractivity contribution is 0.324. The minimum atomic E-state index is 0.310. The highest BCUT2D eigenvalue weighted by atomic mass is 35.5. The summed E-state index contributed by atoms with van der Waals surface area (Å²) < 4.78 is 0. The molecule has 0 aliphatic carbocycles. The Labute approximate surface area is 89.1 Å². The molecule has 1 N–H and O–H groups in total. The van der Waals surface area contributed by atoms with E-state index in [-0.39, 0.29) is 0 Å². The average molecular weight is 212 g/mol. The van der Waals surface area contributed by atoms with Gasteiger partial charge in [-0.25, -0.2) is 0 Å². The molecule has 1 fully saturated rings. The Morgan fingerprint density at radius 3 is 2.64 bits per heavy atom. The molecule has 3 heteroatoms. The third-order valence-electron chi connectivity index (χ3n) is 2.67. The molecule has 1 aromatic rings. The highest BCUT2D eigenvalue weighted by Crippen LogP contribution is 2.27. The van der Waals surface area contributed by atoms with E-state index in [2.05, 4.69) is 4.90 Å². The van der Waals surface area contributed by atoms with Crippen molar-refractivity contribution in [3.05, 3.63) is 28.8 Å². The Kier molecular flexibility index (Phi) is 2.94. The minimum Gasteiger partial charge on any atom is -0.508 e. The van der Waals surface area contributed by atoms with Gasteiger partial charge >= 0.3 is 0 Å². The first kappa shape index (κ1) is 9.81. The summed E-state index contributed by atoms with van der Waals surface area (Å²) in [6.07, 6.45) is 2.51. The molecule has 14 heavy (non-hydrogen) atoms. The van der Waals surface area contributed by atoms with E-state index in [9.17, 15) is 5.11 Å². The standard InChI is InChI=1S/C11H14ClNO/c12-10-4-3-5-11(14)9(10)8-13-6-1-2-7-13/h3-5,14H,1-2,6-8H2. The molecule has 0 radical (unpaired) electrons. The van der Waals surface area contributed by atoms with E-state index >= 15 is 0 Å². The Bertz CT molecular complexity index is 301. The van der Waals surface area contributed by atoms with Crippen molar-refractivity contribution in [3.63, 3.8) is 0 Å². The maximum Gasteiger partial charge on any atom is 0.121 e. The number of phenolic OH excluding ortho intramolecular Hbond substituents is 1. The van der Waals surface area contributed by atoms with Crippen LogP contribution in [0.1, 0.15) is 18.4 Å². The predicted molar refractivity (Wildman–Crippen MR) is 57.6 cm³/mol. The summed E-state index contributed by atoms with van der Waals surface area (Å²) in [4.78, 5) is 2.32. The van der Waals surface area contributed by atoms with Gasteiger partial charge in [0.05, 0.1) is 0 Å². The molecule has 0 bridgehead atoms. The molecule has 76 valence electrons. The van der Waals surface area contributed by atoms with E-state index in [1.54, 1.807) is 12.1 Å². The van der Waals surface area contributed by atoms with Crippen LogP contribution in [0.3, 0.4) is 0 Å². The predicted octanol–water partition coefficient (Wildman–Crippen LogP) is 2.64. The quantitative estimate of drug-likeness (QED) is 0.813. The summed E-state index contributed by atoms with van der Waals surface area (Å²) in [5.41, 5.74) is 0.857. The number of aromatic hydroxyl groups is 1. The first-order chi connectivity index (χ1) is 6.77. The molecule has 0 spiro atoms. The fourth-order valence-corrected chi connectivity index (χ4v) is 2.10. The number of hydrogen-bond donors (Lipinski definition) is 1. The van der Waals surface area contributed by atoms with Crippen molar-refractivity contribution in [2.24, 2.45) is 0 Å². The summed E-state index contributed by atoms with van der Waals surface area (Å²) in [6.45, 7) is 3.00. The van der Waals surface area contributed by atoms with Gasteiger partial charge in [0.1, 0.15) is 5.75 Å². The zero-order valence-electron chi connectivity index (χ0n) is 8.04. The first-order valence-electron chi connectivity index (χ1n) is 4.96. The molecule has 2 rings (SSSR count). The first-order valence-corrected chi connectivity index (χ1v) is 5.34. The van der Waals surface area contributed by atoms with Crippen LogP contribution >= 0.6 is 11.6 Å². The Morgan fingerprint density at radius 1 is 1.29 bits per heavy atom. The second-order valence-corrected chi connectivity index (χ2v) is 4.13. The Hall–Kier alpha value is -0.730. The van der Waals surface area contributed by atoms with Crippen molar-refractivity contribution in [1.29, 1.82) is 0 Å². The largest absolute Gasteiger partial charge is 0.508 e. The van der Waals surface area contributed by atoms with Crippen LogP contribution in [-0.4, -0.2) is 23.1 Å². The summed E-state index contributed by atoms with van der Waals surface area (Å²) >= 11 is 6.02. The number of benzene rings is 1. The Balaban J connectivity index is 2.14. The van der Waals surface area contributed by atoms with E-state index in [1.165, 1.54) is 12.8 Å². The number of likely N-dealkylation sites (tertiary alicyclic amines) is 1. The lowest BCUT2D eigenvalue weighted by atomic mass is 10.2. The van der Waals surface area contributed by atoms with Gasteiger partial charge in [0.15, 0.2) is 0 Å². The fourth-order valence-electron chi connectivity index (χ4n) is 1.87.